The normalized spacial score (nSPS) is 21.1. The summed E-state index contributed by atoms with van der Waals surface area (Å²) in [5.41, 5.74) is 1.18. The van der Waals surface area contributed by atoms with Crippen molar-refractivity contribution in [3.05, 3.63) is 29.8 Å². The Labute approximate surface area is 139 Å². The van der Waals surface area contributed by atoms with Crippen LogP contribution in [0.25, 0.3) is 0 Å². The van der Waals surface area contributed by atoms with Gasteiger partial charge in [0, 0.05) is 18.7 Å². The molecular formula is C19H28N2O2. The first-order valence-electron chi connectivity index (χ1n) is 8.59. The summed E-state index contributed by atoms with van der Waals surface area (Å²) in [6.45, 7) is 8.88. The molecule has 1 heterocycles. The highest BCUT2D eigenvalue weighted by atomic mass is 16.2. The molecule has 2 rings (SSSR count). The molecule has 0 unspecified atom stereocenters. The fourth-order valence-corrected chi connectivity index (χ4v) is 3.16. The lowest BCUT2D eigenvalue weighted by molar-refractivity contribution is -0.127. The second kappa shape index (κ2) is 7.16. The largest absolute Gasteiger partial charge is 0.354 e. The van der Waals surface area contributed by atoms with E-state index in [0.717, 1.165) is 24.1 Å². The average Bonchev–Trinajstić information content (AvgIpc) is 2.83. The molecule has 4 nitrogen and oxygen atoms in total. The second-order valence-electron chi connectivity index (χ2n) is 6.92. The van der Waals surface area contributed by atoms with Crippen molar-refractivity contribution in [2.45, 2.75) is 58.9 Å². The number of nitrogens with one attached hydrogen (secondary N) is 1. The molecule has 2 amide bonds. The van der Waals surface area contributed by atoms with Gasteiger partial charge in [-0.3, -0.25) is 14.5 Å². The van der Waals surface area contributed by atoms with Crippen LogP contribution < -0.4 is 10.2 Å². The van der Waals surface area contributed by atoms with Crippen molar-refractivity contribution in [3.63, 3.8) is 0 Å². The van der Waals surface area contributed by atoms with Gasteiger partial charge in [0.05, 0.1) is 0 Å². The lowest BCUT2D eigenvalue weighted by Gasteiger charge is -2.35. The Morgan fingerprint density at radius 2 is 2.04 bits per heavy atom. The van der Waals surface area contributed by atoms with Gasteiger partial charge in [-0.2, -0.15) is 0 Å². The SMILES string of the molecule is CCc1ccccc1N1C(=O)CC[C@]1(C)C(=O)NCCC(C)C. The van der Waals surface area contributed by atoms with Gasteiger partial charge in [0.15, 0.2) is 0 Å². The molecule has 23 heavy (non-hydrogen) atoms. The Balaban J connectivity index is 2.26. The first-order chi connectivity index (χ1) is 10.9. The van der Waals surface area contributed by atoms with Gasteiger partial charge in [0.2, 0.25) is 11.8 Å². The molecule has 1 aliphatic heterocycles. The molecule has 0 aromatic heterocycles. The van der Waals surface area contributed by atoms with Crippen LogP contribution in [0.15, 0.2) is 24.3 Å². The molecule has 1 aliphatic rings. The number of hydrogen-bond acceptors (Lipinski definition) is 2. The van der Waals surface area contributed by atoms with Crippen LogP contribution in [-0.2, 0) is 16.0 Å². The number of nitrogens with zero attached hydrogens (tertiary/aromatic N) is 1. The van der Waals surface area contributed by atoms with Gasteiger partial charge in [0.25, 0.3) is 0 Å². The molecule has 4 heteroatoms. The minimum Gasteiger partial charge on any atom is -0.354 e. The van der Waals surface area contributed by atoms with E-state index in [9.17, 15) is 9.59 Å². The quantitative estimate of drug-likeness (QED) is 0.875. The van der Waals surface area contributed by atoms with Crippen LogP contribution in [0.2, 0.25) is 0 Å². The summed E-state index contributed by atoms with van der Waals surface area (Å²) >= 11 is 0. The second-order valence-corrected chi connectivity index (χ2v) is 6.92. The van der Waals surface area contributed by atoms with Crippen LogP contribution in [0.1, 0.15) is 52.5 Å². The molecule has 0 radical (unpaired) electrons. The van der Waals surface area contributed by atoms with Crippen molar-refractivity contribution in [2.75, 3.05) is 11.4 Å². The van der Waals surface area contributed by atoms with E-state index >= 15 is 0 Å². The van der Waals surface area contributed by atoms with Gasteiger partial charge in [-0.1, -0.05) is 39.0 Å². The van der Waals surface area contributed by atoms with Crippen LogP contribution in [0.5, 0.6) is 0 Å². The molecule has 1 aromatic carbocycles. The highest BCUT2D eigenvalue weighted by Gasteiger charge is 2.48. The maximum atomic E-state index is 12.8. The van der Waals surface area contributed by atoms with E-state index in [1.165, 1.54) is 0 Å². The number of aryl methyl sites for hydroxylation is 1. The Morgan fingerprint density at radius 1 is 1.35 bits per heavy atom. The molecule has 0 spiro atoms. The molecule has 126 valence electrons. The molecule has 1 N–H and O–H groups in total. The van der Waals surface area contributed by atoms with Crippen molar-refractivity contribution in [1.82, 2.24) is 5.32 Å². The third-order valence-electron chi connectivity index (χ3n) is 4.68. The van der Waals surface area contributed by atoms with E-state index < -0.39 is 5.54 Å². The number of carbonyl (C=O) groups is 2. The third kappa shape index (κ3) is 3.57. The predicted octanol–water partition coefficient (Wildman–Crippen LogP) is 3.30. The zero-order chi connectivity index (χ0) is 17.0. The number of para-hydroxylation sites is 1. The van der Waals surface area contributed by atoms with Crippen LogP contribution in [0.3, 0.4) is 0 Å². The number of amides is 2. The first kappa shape index (κ1) is 17.5. The summed E-state index contributed by atoms with van der Waals surface area (Å²) in [6.07, 6.45) is 2.77. The summed E-state index contributed by atoms with van der Waals surface area (Å²) < 4.78 is 0. The Kier molecular flexibility index (Phi) is 5.45. The monoisotopic (exact) mass is 316 g/mol. The van der Waals surface area contributed by atoms with Gasteiger partial charge in [-0.05, 0) is 43.7 Å². The molecule has 0 bridgehead atoms. The molecule has 1 aromatic rings. The minimum atomic E-state index is -0.792. The summed E-state index contributed by atoms with van der Waals surface area (Å²) in [5.74, 6) is 0.535. The summed E-state index contributed by atoms with van der Waals surface area (Å²) in [5, 5.41) is 3.02. The van der Waals surface area contributed by atoms with Crippen molar-refractivity contribution >= 4 is 17.5 Å². The number of carbonyl (C=O) groups excluding carboxylic acids is 2. The van der Waals surface area contributed by atoms with Crippen LogP contribution in [0, 0.1) is 5.92 Å². The molecule has 0 saturated carbocycles. The number of benzene rings is 1. The molecule has 1 fully saturated rings. The lowest BCUT2D eigenvalue weighted by atomic mass is 9.95. The summed E-state index contributed by atoms with van der Waals surface area (Å²) in [4.78, 5) is 27.0. The van der Waals surface area contributed by atoms with Gasteiger partial charge >= 0.3 is 0 Å². The molecule has 1 saturated heterocycles. The van der Waals surface area contributed by atoms with Crippen molar-refractivity contribution < 1.29 is 9.59 Å². The van der Waals surface area contributed by atoms with E-state index in [0.29, 0.717) is 25.3 Å². The van der Waals surface area contributed by atoms with Crippen molar-refractivity contribution in [3.8, 4) is 0 Å². The van der Waals surface area contributed by atoms with E-state index in [4.69, 9.17) is 0 Å². The Bertz CT molecular complexity index is 582. The van der Waals surface area contributed by atoms with Crippen LogP contribution in [0.4, 0.5) is 5.69 Å². The highest BCUT2D eigenvalue weighted by Crippen LogP contribution is 2.37. The maximum Gasteiger partial charge on any atom is 0.246 e. The highest BCUT2D eigenvalue weighted by molar-refractivity contribution is 6.06. The average molecular weight is 316 g/mol. The summed E-state index contributed by atoms with van der Waals surface area (Å²) in [6, 6.07) is 7.87. The van der Waals surface area contributed by atoms with Crippen molar-refractivity contribution in [1.29, 1.82) is 0 Å². The summed E-state index contributed by atoms with van der Waals surface area (Å²) in [7, 11) is 0. The van der Waals surface area contributed by atoms with E-state index in [1.54, 1.807) is 4.90 Å². The maximum absolute atomic E-state index is 12.8. The first-order valence-corrected chi connectivity index (χ1v) is 8.59. The Morgan fingerprint density at radius 3 is 2.70 bits per heavy atom. The Hall–Kier alpha value is -1.84. The number of anilines is 1. The van der Waals surface area contributed by atoms with Gasteiger partial charge in [-0.15, -0.1) is 0 Å². The van der Waals surface area contributed by atoms with E-state index in [-0.39, 0.29) is 11.8 Å². The number of rotatable bonds is 6. The molecule has 1 atom stereocenters. The topological polar surface area (TPSA) is 49.4 Å². The van der Waals surface area contributed by atoms with E-state index in [2.05, 4.69) is 26.1 Å². The van der Waals surface area contributed by atoms with Gasteiger partial charge < -0.3 is 5.32 Å². The lowest BCUT2D eigenvalue weighted by Crippen LogP contribution is -2.55. The zero-order valence-corrected chi connectivity index (χ0v) is 14.7. The predicted molar refractivity (Wildman–Crippen MR) is 93.4 cm³/mol. The minimum absolute atomic E-state index is 0.0346. The fourth-order valence-electron chi connectivity index (χ4n) is 3.16. The molecular weight excluding hydrogens is 288 g/mol. The standard InChI is InChI=1S/C19H28N2O2/c1-5-15-8-6-7-9-16(15)21-17(22)10-12-19(21,4)18(23)20-13-11-14(2)3/h6-9,14H,5,10-13H2,1-4H3,(H,20,23)/t19-/m1/s1. The zero-order valence-electron chi connectivity index (χ0n) is 14.7. The smallest absolute Gasteiger partial charge is 0.246 e. The van der Waals surface area contributed by atoms with Gasteiger partial charge in [-0.25, -0.2) is 0 Å². The van der Waals surface area contributed by atoms with E-state index in [1.807, 2.05) is 31.2 Å². The number of hydrogen-bond donors (Lipinski definition) is 1. The molecule has 0 aliphatic carbocycles. The van der Waals surface area contributed by atoms with Gasteiger partial charge in [0.1, 0.15) is 5.54 Å². The fraction of sp³-hybridized carbons (Fsp3) is 0.579. The van der Waals surface area contributed by atoms with Crippen LogP contribution >= 0.6 is 0 Å². The van der Waals surface area contributed by atoms with Crippen molar-refractivity contribution in [2.24, 2.45) is 5.92 Å². The van der Waals surface area contributed by atoms with Crippen LogP contribution in [-0.4, -0.2) is 23.9 Å². The third-order valence-corrected chi connectivity index (χ3v) is 4.68.